The number of furan rings is 1. The van der Waals surface area contributed by atoms with Gasteiger partial charge in [-0.05, 0) is 57.8 Å². The maximum atomic E-state index is 9.27. The fraction of sp³-hybridized carbons (Fsp3) is 0.667. The third-order valence-electron chi connectivity index (χ3n) is 3.49. The molecule has 4 heteroatoms. The van der Waals surface area contributed by atoms with Crippen molar-refractivity contribution in [3.8, 4) is 6.07 Å². The van der Waals surface area contributed by atoms with E-state index in [1.54, 1.807) is 6.26 Å². The molecular weight excluding hydrogens is 256 g/mol. The van der Waals surface area contributed by atoms with Crippen molar-refractivity contribution in [2.45, 2.75) is 62.4 Å². The molecule has 1 N–H and O–H groups in total. The first-order chi connectivity index (χ1) is 9.13. The Morgan fingerprint density at radius 1 is 1.53 bits per heavy atom. The van der Waals surface area contributed by atoms with Crippen LogP contribution in [0.4, 0.5) is 0 Å². The third kappa shape index (κ3) is 4.59. The molecule has 0 radical (unpaired) electrons. The Bertz CT molecular complexity index is 447. The van der Waals surface area contributed by atoms with Crippen molar-refractivity contribution in [3.63, 3.8) is 0 Å². The number of hydrogen-bond donors (Lipinski definition) is 1. The molecule has 0 spiro atoms. The summed E-state index contributed by atoms with van der Waals surface area (Å²) >= 11 is 1.84. The summed E-state index contributed by atoms with van der Waals surface area (Å²) in [5.41, 5.74) is -0.336. The predicted molar refractivity (Wildman–Crippen MR) is 78.2 cm³/mol. The molecule has 0 amide bonds. The average Bonchev–Trinajstić information content (AvgIpc) is 3.11. The monoisotopic (exact) mass is 278 g/mol. The Labute approximate surface area is 119 Å². The molecule has 1 aromatic rings. The van der Waals surface area contributed by atoms with Crippen molar-refractivity contribution in [2.75, 3.05) is 5.75 Å². The number of nitriles is 1. The van der Waals surface area contributed by atoms with E-state index in [1.165, 1.54) is 17.7 Å². The van der Waals surface area contributed by atoms with Crippen LogP contribution in [0.2, 0.25) is 0 Å². The Morgan fingerprint density at radius 3 is 2.89 bits per heavy atom. The zero-order chi connectivity index (χ0) is 13.7. The summed E-state index contributed by atoms with van der Waals surface area (Å²) in [6.07, 6.45) is 7.36. The Balaban J connectivity index is 1.63. The molecule has 1 fully saturated rings. The van der Waals surface area contributed by atoms with Crippen molar-refractivity contribution in [1.82, 2.24) is 5.32 Å². The van der Waals surface area contributed by atoms with Gasteiger partial charge >= 0.3 is 0 Å². The van der Waals surface area contributed by atoms with E-state index >= 15 is 0 Å². The van der Waals surface area contributed by atoms with E-state index in [4.69, 9.17) is 4.42 Å². The van der Waals surface area contributed by atoms with E-state index in [0.29, 0.717) is 6.04 Å². The number of nitrogens with zero attached hydrogens (tertiary/aromatic N) is 1. The first kappa shape index (κ1) is 14.5. The molecule has 0 aliphatic heterocycles. The summed E-state index contributed by atoms with van der Waals surface area (Å²) < 4.78 is 5.27. The van der Waals surface area contributed by atoms with Crippen molar-refractivity contribution in [2.24, 2.45) is 0 Å². The van der Waals surface area contributed by atoms with E-state index in [1.807, 2.05) is 31.7 Å². The topological polar surface area (TPSA) is 49.0 Å². The molecule has 0 aromatic carbocycles. The minimum atomic E-state index is -0.336. The zero-order valence-electron chi connectivity index (χ0n) is 11.7. The van der Waals surface area contributed by atoms with Crippen LogP contribution in [0.3, 0.4) is 0 Å². The van der Waals surface area contributed by atoms with Crippen molar-refractivity contribution in [3.05, 3.63) is 18.1 Å². The lowest BCUT2D eigenvalue weighted by atomic mass is 9.96. The van der Waals surface area contributed by atoms with Crippen molar-refractivity contribution < 1.29 is 4.42 Å². The number of nitrogens with one attached hydrogen (secondary N) is 1. The van der Waals surface area contributed by atoms with Gasteiger partial charge in [0.15, 0.2) is 0 Å². The minimum absolute atomic E-state index is 0.336. The van der Waals surface area contributed by atoms with Crippen LogP contribution in [-0.2, 0) is 0 Å². The number of rotatable bonds is 8. The molecule has 1 aliphatic carbocycles. The average molecular weight is 278 g/mol. The highest BCUT2D eigenvalue weighted by Crippen LogP contribution is 2.27. The highest BCUT2D eigenvalue weighted by atomic mass is 32.2. The summed E-state index contributed by atoms with van der Waals surface area (Å²) in [6, 6.07) is 5.04. The molecule has 0 saturated heterocycles. The van der Waals surface area contributed by atoms with E-state index in [9.17, 15) is 5.26 Å². The fourth-order valence-electron chi connectivity index (χ4n) is 2.12. The second-order valence-electron chi connectivity index (χ2n) is 5.51. The van der Waals surface area contributed by atoms with Crippen LogP contribution in [0.1, 0.15) is 44.8 Å². The van der Waals surface area contributed by atoms with Crippen LogP contribution in [0.25, 0.3) is 0 Å². The van der Waals surface area contributed by atoms with E-state index in [0.717, 1.165) is 30.8 Å². The van der Waals surface area contributed by atoms with E-state index < -0.39 is 0 Å². The van der Waals surface area contributed by atoms with Crippen LogP contribution in [0.5, 0.6) is 0 Å². The van der Waals surface area contributed by atoms with Crippen molar-refractivity contribution in [1.29, 1.82) is 5.26 Å². The molecule has 3 nitrogen and oxygen atoms in total. The predicted octanol–water partition coefficient (Wildman–Crippen LogP) is 3.88. The Morgan fingerprint density at radius 2 is 2.32 bits per heavy atom. The molecule has 1 saturated carbocycles. The summed E-state index contributed by atoms with van der Waals surface area (Å²) in [6.45, 7) is 4.02. The third-order valence-corrected chi connectivity index (χ3v) is 4.71. The maximum absolute atomic E-state index is 9.27. The lowest BCUT2D eigenvalue weighted by Crippen LogP contribution is -2.42. The van der Waals surface area contributed by atoms with Gasteiger partial charge in [0.2, 0.25) is 0 Å². The molecular formula is C15H22N2OS. The molecule has 1 aromatic heterocycles. The number of thioether (sulfide) groups is 1. The highest BCUT2D eigenvalue weighted by molar-refractivity contribution is 7.99. The molecule has 1 unspecified atom stereocenters. The molecule has 1 aliphatic rings. The van der Waals surface area contributed by atoms with Gasteiger partial charge in [-0.1, -0.05) is 0 Å². The lowest BCUT2D eigenvalue weighted by Gasteiger charge is -2.23. The first-order valence-corrected chi connectivity index (χ1v) is 7.97. The number of unbranched alkanes of at least 4 members (excludes halogenated alkanes) is 1. The van der Waals surface area contributed by atoms with Gasteiger partial charge in [0.05, 0.1) is 12.3 Å². The molecule has 0 bridgehead atoms. The Kier molecular flexibility index (Phi) is 4.95. The van der Waals surface area contributed by atoms with Gasteiger partial charge in [0.25, 0.3) is 0 Å². The first-order valence-electron chi connectivity index (χ1n) is 6.99. The fourth-order valence-corrected chi connectivity index (χ4v) is 3.10. The lowest BCUT2D eigenvalue weighted by molar-refractivity contribution is 0.402. The second-order valence-corrected chi connectivity index (χ2v) is 6.65. The second kappa shape index (κ2) is 6.49. The van der Waals surface area contributed by atoms with E-state index in [-0.39, 0.29) is 5.54 Å². The number of hydrogen-bond acceptors (Lipinski definition) is 4. The maximum Gasteiger partial charge on any atom is 0.114 e. The quantitative estimate of drug-likeness (QED) is 0.579. The van der Waals surface area contributed by atoms with Gasteiger partial charge < -0.3 is 4.42 Å². The van der Waals surface area contributed by atoms with Gasteiger partial charge in [-0.25, -0.2) is 0 Å². The van der Waals surface area contributed by atoms with Gasteiger partial charge in [0.1, 0.15) is 11.3 Å². The Hall–Kier alpha value is -0.920. The van der Waals surface area contributed by atoms with Gasteiger partial charge in [0, 0.05) is 10.9 Å². The summed E-state index contributed by atoms with van der Waals surface area (Å²) in [7, 11) is 0. The van der Waals surface area contributed by atoms with E-state index in [2.05, 4.69) is 11.4 Å². The summed E-state index contributed by atoms with van der Waals surface area (Å²) in [4.78, 5) is 1.24. The van der Waals surface area contributed by atoms with Gasteiger partial charge in [-0.2, -0.15) is 5.26 Å². The molecule has 104 valence electrons. The summed E-state index contributed by atoms with van der Waals surface area (Å²) in [5.74, 6) is 2.09. The van der Waals surface area contributed by atoms with Gasteiger partial charge in [-0.15, -0.1) is 11.8 Å². The normalized spacial score (nSPS) is 17.9. The SMILES string of the molecule is Cc1occc1SCCCCC(C)(C#N)NC1CC1. The van der Waals surface area contributed by atoms with Crippen LogP contribution >= 0.6 is 11.8 Å². The van der Waals surface area contributed by atoms with Crippen molar-refractivity contribution >= 4 is 11.8 Å². The smallest absolute Gasteiger partial charge is 0.114 e. The van der Waals surface area contributed by atoms with Crippen LogP contribution in [-0.4, -0.2) is 17.3 Å². The molecule has 1 atom stereocenters. The molecule has 19 heavy (non-hydrogen) atoms. The zero-order valence-corrected chi connectivity index (χ0v) is 12.6. The van der Waals surface area contributed by atoms with Crippen LogP contribution in [0, 0.1) is 18.3 Å². The largest absolute Gasteiger partial charge is 0.468 e. The molecule has 2 rings (SSSR count). The number of aryl methyl sites for hydroxylation is 1. The minimum Gasteiger partial charge on any atom is -0.468 e. The molecule has 1 heterocycles. The summed E-state index contributed by atoms with van der Waals surface area (Å²) in [5, 5.41) is 12.7. The highest BCUT2D eigenvalue weighted by Gasteiger charge is 2.31. The van der Waals surface area contributed by atoms with Crippen LogP contribution < -0.4 is 5.32 Å². The van der Waals surface area contributed by atoms with Gasteiger partial charge in [-0.3, -0.25) is 5.32 Å². The standard InChI is InChI=1S/C15H22N2OS/c1-12-14(7-9-18-12)19-10-4-3-8-15(2,11-16)17-13-5-6-13/h7,9,13,17H,3-6,8,10H2,1-2H3. The van der Waals surface area contributed by atoms with Crippen LogP contribution in [0.15, 0.2) is 21.6 Å².